The first-order valence-corrected chi connectivity index (χ1v) is 15.5. The molecule has 1 aromatic carbocycles. The van der Waals surface area contributed by atoms with Crippen LogP contribution in [0.25, 0.3) is 0 Å². The van der Waals surface area contributed by atoms with Crippen molar-refractivity contribution in [2.75, 3.05) is 22.4 Å². The van der Waals surface area contributed by atoms with Crippen LogP contribution in [0.5, 0.6) is 0 Å². The molecule has 6 nitrogen and oxygen atoms in total. The number of carbonyl (C=O) groups excluding carboxylic acids is 2. The number of anilines is 2. The normalized spacial score (nSPS) is 22.5. The number of hydrogen-bond acceptors (Lipinski definition) is 5. The van der Waals surface area contributed by atoms with Crippen LogP contribution in [0.15, 0.2) is 29.6 Å². The fraction of sp³-hybridized carbons (Fsp3) is 0.556. The van der Waals surface area contributed by atoms with Crippen LogP contribution in [-0.4, -0.2) is 32.9 Å². The van der Waals surface area contributed by atoms with Crippen LogP contribution in [-0.2, 0) is 15.4 Å². The highest BCUT2D eigenvalue weighted by atomic mass is 32.2. The molecular formula is C27H32N2O4S2. The third-order valence-corrected chi connectivity index (χ3v) is 10.4. The second kappa shape index (κ2) is 8.17. The molecule has 3 saturated carbocycles. The molecule has 186 valence electrons. The van der Waals surface area contributed by atoms with Gasteiger partial charge in [0.05, 0.1) is 11.1 Å². The predicted octanol–water partition coefficient (Wildman–Crippen LogP) is 5.74. The largest absolute Gasteiger partial charge is 0.306 e. The summed E-state index contributed by atoms with van der Waals surface area (Å²) < 4.78 is 26.4. The molecule has 0 saturated heterocycles. The van der Waals surface area contributed by atoms with Crippen LogP contribution in [0.3, 0.4) is 0 Å². The molecule has 1 aromatic heterocycles. The Hall–Kier alpha value is -2.19. The van der Waals surface area contributed by atoms with Crippen molar-refractivity contribution in [3.8, 4) is 0 Å². The van der Waals surface area contributed by atoms with Crippen LogP contribution < -0.4 is 9.62 Å². The number of carbonyl (C=O) groups is 2. The van der Waals surface area contributed by atoms with E-state index in [9.17, 15) is 18.0 Å². The van der Waals surface area contributed by atoms with E-state index in [-0.39, 0.29) is 23.0 Å². The van der Waals surface area contributed by atoms with Crippen LogP contribution in [0, 0.1) is 11.3 Å². The van der Waals surface area contributed by atoms with Crippen molar-refractivity contribution in [1.29, 1.82) is 0 Å². The number of nitrogens with zero attached hydrogens (tertiary/aromatic N) is 1. The molecule has 2 aromatic rings. The van der Waals surface area contributed by atoms with Gasteiger partial charge in [0.25, 0.3) is 5.91 Å². The van der Waals surface area contributed by atoms with Gasteiger partial charge in [-0.05, 0) is 86.6 Å². The highest BCUT2D eigenvalue weighted by molar-refractivity contribution is 7.92. The Morgan fingerprint density at radius 3 is 2.37 bits per heavy atom. The Kier molecular flexibility index (Phi) is 5.42. The number of rotatable bonds is 5. The molecule has 1 amide bonds. The summed E-state index contributed by atoms with van der Waals surface area (Å²) in [7, 11) is -3.39. The van der Waals surface area contributed by atoms with Crippen molar-refractivity contribution in [3.05, 3.63) is 45.6 Å². The van der Waals surface area contributed by atoms with Crippen molar-refractivity contribution in [1.82, 2.24) is 0 Å². The minimum Gasteiger partial charge on any atom is -0.306 e. The van der Waals surface area contributed by atoms with Gasteiger partial charge >= 0.3 is 0 Å². The number of ketones is 1. The average Bonchev–Trinajstić information content (AvgIpc) is 3.23. The molecular weight excluding hydrogens is 480 g/mol. The van der Waals surface area contributed by atoms with Gasteiger partial charge in [-0.1, -0.05) is 12.8 Å². The number of amides is 1. The van der Waals surface area contributed by atoms with E-state index < -0.39 is 10.0 Å². The van der Waals surface area contributed by atoms with Crippen molar-refractivity contribution in [2.45, 2.75) is 69.6 Å². The molecule has 4 aliphatic rings. The number of benzene rings is 1. The Morgan fingerprint density at radius 1 is 1.03 bits per heavy atom. The van der Waals surface area contributed by atoms with Crippen molar-refractivity contribution >= 4 is 44.4 Å². The summed E-state index contributed by atoms with van der Waals surface area (Å²) in [4.78, 5) is 29.1. The lowest BCUT2D eigenvalue weighted by Gasteiger charge is -2.38. The van der Waals surface area contributed by atoms with Gasteiger partial charge in [0.2, 0.25) is 10.0 Å². The zero-order valence-electron chi connectivity index (χ0n) is 20.1. The quantitative estimate of drug-likeness (QED) is 0.518. The molecule has 2 heterocycles. The van der Waals surface area contributed by atoms with Gasteiger partial charge in [0, 0.05) is 40.2 Å². The Morgan fingerprint density at radius 2 is 1.71 bits per heavy atom. The average molecular weight is 513 g/mol. The van der Waals surface area contributed by atoms with E-state index in [1.807, 2.05) is 22.4 Å². The summed E-state index contributed by atoms with van der Waals surface area (Å²) in [5, 5.41) is 1.84. The molecule has 1 N–H and O–H groups in total. The first kappa shape index (κ1) is 23.2. The second-order valence-electron chi connectivity index (χ2n) is 11.3. The number of fused-ring (bicyclic) bond motifs is 2. The fourth-order valence-corrected chi connectivity index (χ4v) is 8.02. The highest BCUT2D eigenvalue weighted by Gasteiger charge is 2.53. The van der Waals surface area contributed by atoms with Gasteiger partial charge in [-0.3, -0.25) is 14.3 Å². The van der Waals surface area contributed by atoms with Crippen LogP contribution in [0.2, 0.25) is 0 Å². The van der Waals surface area contributed by atoms with Crippen LogP contribution in [0.1, 0.15) is 89.8 Å². The van der Waals surface area contributed by atoms with E-state index in [4.69, 9.17) is 0 Å². The molecule has 3 aliphatic carbocycles. The molecule has 35 heavy (non-hydrogen) atoms. The van der Waals surface area contributed by atoms with Gasteiger partial charge in [0.15, 0.2) is 5.78 Å². The second-order valence-corrected chi connectivity index (χ2v) is 14.0. The summed E-state index contributed by atoms with van der Waals surface area (Å²) in [6, 6.07) is 7.36. The van der Waals surface area contributed by atoms with Crippen molar-refractivity contribution in [2.24, 2.45) is 11.3 Å². The lowest BCUT2D eigenvalue weighted by Crippen LogP contribution is -2.39. The van der Waals surface area contributed by atoms with Crippen molar-refractivity contribution < 1.29 is 18.0 Å². The van der Waals surface area contributed by atoms with E-state index in [2.05, 4.69) is 4.72 Å². The molecule has 0 atom stereocenters. The van der Waals surface area contributed by atoms with Gasteiger partial charge in [-0.2, -0.15) is 0 Å². The minimum atomic E-state index is -3.39. The molecule has 3 fully saturated rings. The molecule has 2 spiro atoms. The molecule has 1 aliphatic heterocycles. The molecule has 0 unspecified atom stereocenters. The maximum absolute atomic E-state index is 13.8. The third-order valence-electron chi connectivity index (χ3n) is 8.91. The zero-order chi connectivity index (χ0) is 24.4. The monoisotopic (exact) mass is 512 g/mol. The zero-order valence-corrected chi connectivity index (χ0v) is 21.8. The number of hydrogen-bond donors (Lipinski definition) is 1. The number of sulfonamides is 1. The maximum atomic E-state index is 13.8. The van der Waals surface area contributed by atoms with Gasteiger partial charge in [-0.15, -0.1) is 11.3 Å². The number of thiophene rings is 1. The van der Waals surface area contributed by atoms with Crippen LogP contribution in [0.4, 0.5) is 11.4 Å². The van der Waals surface area contributed by atoms with E-state index in [1.165, 1.54) is 24.2 Å². The Balaban J connectivity index is 1.31. The van der Waals surface area contributed by atoms with E-state index >= 15 is 0 Å². The molecule has 6 rings (SSSR count). The first-order chi connectivity index (χ1) is 16.7. The van der Waals surface area contributed by atoms with Crippen LogP contribution >= 0.6 is 11.3 Å². The Labute approximate surface area is 211 Å². The third kappa shape index (κ3) is 4.22. The Bertz CT molecular complexity index is 1290. The summed E-state index contributed by atoms with van der Waals surface area (Å²) in [6.45, 7) is 0.614. The summed E-state index contributed by atoms with van der Waals surface area (Å²) in [5.74, 6) is 0.213. The maximum Gasteiger partial charge on any atom is 0.268 e. The lowest BCUT2D eigenvalue weighted by atomic mass is 9.66. The number of nitrogens with one attached hydrogen (secondary N) is 1. The van der Waals surface area contributed by atoms with E-state index in [1.54, 1.807) is 12.1 Å². The van der Waals surface area contributed by atoms with Gasteiger partial charge < -0.3 is 4.90 Å². The standard InChI is InChI=1S/C27H32N2O4S2/c1-35(32,33)28-20-6-7-22-21(15-20)27(12-10-26(8-9-26)11-13-27)17-29(22)25(31)23-14-19(16-34-23)24(30)18-4-2-3-5-18/h6-7,14-16,18,28H,2-5,8-13,17H2,1H3. The van der Waals surface area contributed by atoms with Gasteiger partial charge in [-0.25, -0.2) is 8.42 Å². The van der Waals surface area contributed by atoms with E-state index in [0.29, 0.717) is 28.1 Å². The summed E-state index contributed by atoms with van der Waals surface area (Å²) in [5.41, 5.74) is 3.53. The lowest BCUT2D eigenvalue weighted by molar-refractivity contribution is 0.0923. The molecule has 0 radical (unpaired) electrons. The summed E-state index contributed by atoms with van der Waals surface area (Å²) >= 11 is 1.36. The first-order valence-electron chi connectivity index (χ1n) is 12.7. The van der Waals surface area contributed by atoms with E-state index in [0.717, 1.165) is 68.9 Å². The summed E-state index contributed by atoms with van der Waals surface area (Å²) in [6.07, 6.45) is 12.2. The predicted molar refractivity (Wildman–Crippen MR) is 139 cm³/mol. The fourth-order valence-electron chi connectivity index (χ4n) is 6.63. The topological polar surface area (TPSA) is 83.6 Å². The smallest absolute Gasteiger partial charge is 0.268 e. The molecule has 8 heteroatoms. The number of Topliss-reactive ketones (excluding diaryl/α,β-unsaturated/α-hetero) is 1. The highest BCUT2D eigenvalue weighted by Crippen LogP contribution is 2.62. The minimum absolute atomic E-state index is 0.0610. The molecule has 0 bridgehead atoms. The van der Waals surface area contributed by atoms with Gasteiger partial charge in [0.1, 0.15) is 0 Å². The SMILES string of the molecule is CS(=O)(=O)Nc1ccc2c(c1)C1(CCC3(CC3)CC1)CN2C(=O)c1cc(C(=O)C2CCCC2)cs1. The van der Waals surface area contributed by atoms with Crippen molar-refractivity contribution in [3.63, 3.8) is 0 Å².